The maximum atomic E-state index is 12.4. The van der Waals surface area contributed by atoms with Gasteiger partial charge in [0.25, 0.3) is 5.91 Å². The second kappa shape index (κ2) is 8.92. The molecule has 0 aliphatic carbocycles. The molecule has 0 heterocycles. The van der Waals surface area contributed by atoms with Crippen molar-refractivity contribution in [1.29, 1.82) is 5.26 Å². The summed E-state index contributed by atoms with van der Waals surface area (Å²) in [6, 6.07) is 11.7. The molecule has 0 atom stereocenters. The summed E-state index contributed by atoms with van der Waals surface area (Å²) in [4.78, 5) is 12.4. The van der Waals surface area contributed by atoms with E-state index in [0.29, 0.717) is 28.1 Å². The topological polar surface area (TPSA) is 91.6 Å². The van der Waals surface area contributed by atoms with Crippen LogP contribution in [0.3, 0.4) is 0 Å². The number of amides is 1. The number of phenols is 1. The van der Waals surface area contributed by atoms with Gasteiger partial charge < -0.3 is 19.9 Å². The molecule has 0 bridgehead atoms. The maximum Gasteiger partial charge on any atom is 0.266 e. The number of halogens is 1. The molecular formula is C19H17BrN2O4. The van der Waals surface area contributed by atoms with Gasteiger partial charge in [-0.05, 0) is 42.8 Å². The molecule has 0 aliphatic heterocycles. The first-order valence-corrected chi connectivity index (χ1v) is 8.50. The number of rotatable bonds is 6. The monoisotopic (exact) mass is 416 g/mol. The van der Waals surface area contributed by atoms with Crippen molar-refractivity contribution >= 4 is 33.6 Å². The number of carbonyl (C=O) groups excluding carboxylic acids is 1. The van der Waals surface area contributed by atoms with Crippen LogP contribution in [0.4, 0.5) is 5.69 Å². The Bertz CT molecular complexity index is 888. The predicted octanol–water partition coefficient (Wildman–Crippen LogP) is 4.11. The molecule has 0 saturated carbocycles. The van der Waals surface area contributed by atoms with Crippen molar-refractivity contribution in [3.63, 3.8) is 0 Å². The fourth-order valence-corrected chi connectivity index (χ4v) is 2.61. The van der Waals surface area contributed by atoms with Gasteiger partial charge in [-0.25, -0.2) is 0 Å². The Morgan fingerprint density at radius 2 is 2.15 bits per heavy atom. The average molecular weight is 417 g/mol. The highest BCUT2D eigenvalue weighted by Gasteiger charge is 2.13. The van der Waals surface area contributed by atoms with Crippen LogP contribution in [0.2, 0.25) is 0 Å². The number of hydrogen-bond donors (Lipinski definition) is 2. The van der Waals surface area contributed by atoms with E-state index in [0.717, 1.165) is 0 Å². The minimum Gasteiger partial charge on any atom is -0.504 e. The molecule has 2 aromatic rings. The lowest BCUT2D eigenvalue weighted by Gasteiger charge is -2.09. The smallest absolute Gasteiger partial charge is 0.266 e. The van der Waals surface area contributed by atoms with Crippen LogP contribution in [0.5, 0.6) is 17.2 Å². The van der Waals surface area contributed by atoms with Gasteiger partial charge in [0.2, 0.25) is 0 Å². The molecule has 7 heteroatoms. The third kappa shape index (κ3) is 4.77. The first-order chi connectivity index (χ1) is 12.5. The molecule has 6 nitrogen and oxygen atoms in total. The van der Waals surface area contributed by atoms with Crippen LogP contribution in [-0.2, 0) is 4.79 Å². The molecule has 0 aliphatic rings. The second-order valence-electron chi connectivity index (χ2n) is 5.13. The van der Waals surface area contributed by atoms with Crippen molar-refractivity contribution in [2.45, 2.75) is 6.92 Å². The van der Waals surface area contributed by atoms with Crippen LogP contribution < -0.4 is 14.8 Å². The lowest BCUT2D eigenvalue weighted by atomic mass is 10.1. The van der Waals surface area contributed by atoms with E-state index < -0.39 is 5.91 Å². The number of phenolic OH excluding ortho intramolecular Hbond substituents is 1. The molecule has 0 saturated heterocycles. The van der Waals surface area contributed by atoms with Gasteiger partial charge in [0.05, 0.1) is 13.7 Å². The first-order valence-electron chi connectivity index (χ1n) is 7.71. The van der Waals surface area contributed by atoms with Gasteiger partial charge in [-0.1, -0.05) is 22.0 Å². The lowest BCUT2D eigenvalue weighted by molar-refractivity contribution is -0.112. The zero-order chi connectivity index (χ0) is 19.1. The normalized spacial score (nSPS) is 10.8. The van der Waals surface area contributed by atoms with Gasteiger partial charge in [0.1, 0.15) is 17.4 Å². The molecule has 0 aromatic heterocycles. The van der Waals surface area contributed by atoms with E-state index in [1.807, 2.05) is 13.0 Å². The molecule has 0 fully saturated rings. The number of nitrogens with zero attached hydrogens (tertiary/aromatic N) is 1. The molecule has 0 spiro atoms. The van der Waals surface area contributed by atoms with E-state index >= 15 is 0 Å². The lowest BCUT2D eigenvalue weighted by Crippen LogP contribution is -2.13. The quantitative estimate of drug-likeness (QED) is 0.545. The summed E-state index contributed by atoms with van der Waals surface area (Å²) in [5, 5.41) is 21.8. The minimum atomic E-state index is -0.555. The van der Waals surface area contributed by atoms with E-state index in [-0.39, 0.29) is 17.1 Å². The first kappa shape index (κ1) is 19.3. The summed E-state index contributed by atoms with van der Waals surface area (Å²) >= 11 is 3.29. The number of methoxy groups -OCH3 is 1. The van der Waals surface area contributed by atoms with Crippen molar-refractivity contribution in [1.82, 2.24) is 0 Å². The molecule has 0 unspecified atom stereocenters. The van der Waals surface area contributed by atoms with Gasteiger partial charge in [-0.15, -0.1) is 0 Å². The third-order valence-corrected chi connectivity index (χ3v) is 4.05. The van der Waals surface area contributed by atoms with E-state index in [2.05, 4.69) is 21.2 Å². The Labute approximate surface area is 159 Å². The highest BCUT2D eigenvalue weighted by molar-refractivity contribution is 9.10. The van der Waals surface area contributed by atoms with Crippen molar-refractivity contribution in [2.75, 3.05) is 19.0 Å². The standard InChI is InChI=1S/C19H17BrN2O4/c1-3-26-15-6-4-5-14(9-15)22-19(24)13(11-21)7-12-8-18(25-2)17(23)10-16(12)20/h4-10,23H,3H2,1-2H3,(H,22,24). The molecule has 2 rings (SSSR count). The van der Waals surface area contributed by atoms with Gasteiger partial charge in [-0.2, -0.15) is 5.26 Å². The van der Waals surface area contributed by atoms with Gasteiger partial charge in [0.15, 0.2) is 11.5 Å². The summed E-state index contributed by atoms with van der Waals surface area (Å²) in [6.07, 6.45) is 1.41. The van der Waals surface area contributed by atoms with Crippen molar-refractivity contribution in [3.05, 3.63) is 52.0 Å². The Kier molecular flexibility index (Phi) is 6.64. The van der Waals surface area contributed by atoms with Gasteiger partial charge in [0, 0.05) is 16.2 Å². The van der Waals surface area contributed by atoms with Crippen LogP contribution in [0.1, 0.15) is 12.5 Å². The Morgan fingerprint density at radius 3 is 2.81 bits per heavy atom. The molecule has 0 radical (unpaired) electrons. The average Bonchev–Trinajstić information content (AvgIpc) is 2.61. The molecule has 2 aromatic carbocycles. The number of nitriles is 1. The van der Waals surface area contributed by atoms with Crippen molar-refractivity contribution < 1.29 is 19.4 Å². The molecular weight excluding hydrogens is 400 g/mol. The molecule has 1 amide bonds. The van der Waals surface area contributed by atoms with E-state index in [1.54, 1.807) is 24.3 Å². The van der Waals surface area contributed by atoms with Crippen LogP contribution in [-0.4, -0.2) is 24.7 Å². The van der Waals surface area contributed by atoms with E-state index in [9.17, 15) is 15.2 Å². The van der Waals surface area contributed by atoms with Crippen LogP contribution in [0, 0.1) is 11.3 Å². The van der Waals surface area contributed by atoms with Gasteiger partial charge in [-0.3, -0.25) is 4.79 Å². The number of benzene rings is 2. The van der Waals surface area contributed by atoms with Crippen molar-refractivity contribution in [3.8, 4) is 23.3 Å². The number of hydrogen-bond acceptors (Lipinski definition) is 5. The summed E-state index contributed by atoms with van der Waals surface area (Å²) < 4.78 is 11.0. The SMILES string of the molecule is CCOc1cccc(NC(=O)C(C#N)=Cc2cc(OC)c(O)cc2Br)c1. The van der Waals surface area contributed by atoms with E-state index in [1.165, 1.54) is 25.3 Å². The summed E-state index contributed by atoms with van der Waals surface area (Å²) in [6.45, 7) is 2.38. The van der Waals surface area contributed by atoms with Crippen LogP contribution in [0.25, 0.3) is 6.08 Å². The number of carbonyl (C=O) groups is 1. The molecule has 2 N–H and O–H groups in total. The Balaban J connectivity index is 2.28. The predicted molar refractivity (Wildman–Crippen MR) is 102 cm³/mol. The third-order valence-electron chi connectivity index (χ3n) is 3.37. The highest BCUT2D eigenvalue weighted by Crippen LogP contribution is 2.33. The maximum absolute atomic E-state index is 12.4. The number of aromatic hydroxyl groups is 1. The molecule has 134 valence electrons. The number of ether oxygens (including phenoxy) is 2. The fourth-order valence-electron chi connectivity index (χ4n) is 2.17. The molecule has 26 heavy (non-hydrogen) atoms. The largest absolute Gasteiger partial charge is 0.504 e. The summed E-state index contributed by atoms with van der Waals surface area (Å²) in [5.41, 5.74) is 0.944. The zero-order valence-electron chi connectivity index (χ0n) is 14.2. The van der Waals surface area contributed by atoms with Crippen LogP contribution in [0.15, 0.2) is 46.4 Å². The zero-order valence-corrected chi connectivity index (χ0v) is 15.8. The number of nitrogens with one attached hydrogen (secondary N) is 1. The van der Waals surface area contributed by atoms with Crippen molar-refractivity contribution in [2.24, 2.45) is 0 Å². The Morgan fingerprint density at radius 1 is 1.38 bits per heavy atom. The fraction of sp³-hybridized carbons (Fsp3) is 0.158. The highest BCUT2D eigenvalue weighted by atomic mass is 79.9. The number of anilines is 1. The summed E-state index contributed by atoms with van der Waals surface area (Å²) in [5.74, 6) is 0.257. The minimum absolute atomic E-state index is 0.0489. The van der Waals surface area contributed by atoms with Gasteiger partial charge >= 0.3 is 0 Å². The summed E-state index contributed by atoms with van der Waals surface area (Å²) in [7, 11) is 1.42. The van der Waals surface area contributed by atoms with Crippen LogP contribution >= 0.6 is 15.9 Å². The Hall–Kier alpha value is -2.98. The van der Waals surface area contributed by atoms with E-state index in [4.69, 9.17) is 9.47 Å². The second-order valence-corrected chi connectivity index (χ2v) is 5.98.